The Morgan fingerprint density at radius 3 is 2.06 bits per heavy atom. The average molecular weight is 264 g/mol. The van der Waals surface area contributed by atoms with E-state index in [0.29, 0.717) is 26.2 Å². The van der Waals surface area contributed by atoms with Crippen molar-refractivity contribution >= 4 is 16.1 Å². The van der Waals surface area contributed by atoms with Crippen LogP contribution in [0.5, 0.6) is 0 Å². The van der Waals surface area contributed by atoms with Crippen LogP contribution < -0.4 is 5.73 Å². The van der Waals surface area contributed by atoms with Crippen LogP contribution in [0.15, 0.2) is 0 Å². The molecule has 0 aliphatic carbocycles. The third kappa shape index (κ3) is 3.15. The van der Waals surface area contributed by atoms with E-state index in [9.17, 15) is 13.2 Å². The van der Waals surface area contributed by atoms with Gasteiger partial charge in [0.25, 0.3) is 10.2 Å². The van der Waals surface area contributed by atoms with Crippen molar-refractivity contribution in [3.05, 3.63) is 0 Å². The van der Waals surface area contributed by atoms with Crippen molar-refractivity contribution < 1.29 is 13.2 Å². The predicted octanol–water partition coefficient (Wildman–Crippen LogP) is -1.72. The minimum absolute atomic E-state index is 0.348. The standard InChI is InChI=1S/C9H20N4O3S/c1-8(9(10)14)12-4-6-13(7-5-12)17(15,16)11(2)3/h8H,4-7H2,1-3H3,(H2,10,14). The summed E-state index contributed by atoms with van der Waals surface area (Å²) in [6.45, 7) is 3.56. The van der Waals surface area contributed by atoms with Gasteiger partial charge < -0.3 is 5.73 Å². The van der Waals surface area contributed by atoms with Crippen molar-refractivity contribution in [2.75, 3.05) is 40.3 Å². The summed E-state index contributed by atoms with van der Waals surface area (Å²) in [4.78, 5) is 12.9. The van der Waals surface area contributed by atoms with Crippen molar-refractivity contribution in [1.29, 1.82) is 0 Å². The van der Waals surface area contributed by atoms with Gasteiger partial charge in [-0.1, -0.05) is 0 Å². The van der Waals surface area contributed by atoms with Gasteiger partial charge in [-0.15, -0.1) is 0 Å². The smallest absolute Gasteiger partial charge is 0.281 e. The van der Waals surface area contributed by atoms with Crippen molar-refractivity contribution in [2.45, 2.75) is 13.0 Å². The first-order chi connectivity index (χ1) is 7.76. The summed E-state index contributed by atoms with van der Waals surface area (Å²) in [5.74, 6) is -0.381. The molecule has 2 N–H and O–H groups in total. The van der Waals surface area contributed by atoms with E-state index >= 15 is 0 Å². The molecule has 1 heterocycles. The fourth-order valence-electron chi connectivity index (χ4n) is 1.73. The number of rotatable bonds is 4. The summed E-state index contributed by atoms with van der Waals surface area (Å²) in [5.41, 5.74) is 5.21. The van der Waals surface area contributed by atoms with Crippen LogP contribution in [0.3, 0.4) is 0 Å². The van der Waals surface area contributed by atoms with Gasteiger partial charge in [0.2, 0.25) is 5.91 Å². The number of nitrogens with zero attached hydrogens (tertiary/aromatic N) is 3. The number of carbonyl (C=O) groups is 1. The van der Waals surface area contributed by atoms with E-state index in [1.807, 2.05) is 4.90 Å². The van der Waals surface area contributed by atoms with Gasteiger partial charge in [0, 0.05) is 40.3 Å². The molecule has 1 aliphatic rings. The van der Waals surface area contributed by atoms with Gasteiger partial charge in [0.15, 0.2) is 0 Å². The molecule has 1 aliphatic heterocycles. The van der Waals surface area contributed by atoms with Crippen molar-refractivity contribution in [2.24, 2.45) is 5.73 Å². The fraction of sp³-hybridized carbons (Fsp3) is 0.889. The summed E-state index contributed by atoms with van der Waals surface area (Å²) in [5, 5.41) is 0. The minimum Gasteiger partial charge on any atom is -0.368 e. The highest BCUT2D eigenvalue weighted by Gasteiger charge is 2.31. The van der Waals surface area contributed by atoms with E-state index in [2.05, 4.69) is 0 Å². The highest BCUT2D eigenvalue weighted by Crippen LogP contribution is 2.11. The summed E-state index contributed by atoms with van der Waals surface area (Å²) >= 11 is 0. The molecule has 0 aromatic heterocycles. The fourth-order valence-corrected chi connectivity index (χ4v) is 2.82. The second kappa shape index (κ2) is 5.30. The zero-order chi connectivity index (χ0) is 13.2. The highest BCUT2D eigenvalue weighted by molar-refractivity contribution is 7.86. The van der Waals surface area contributed by atoms with E-state index < -0.39 is 10.2 Å². The summed E-state index contributed by atoms with van der Waals surface area (Å²) < 4.78 is 26.3. The van der Waals surface area contributed by atoms with Crippen LogP contribution >= 0.6 is 0 Å². The number of primary amides is 1. The molecule has 0 aromatic carbocycles. The Bertz CT molecular complexity index is 374. The predicted molar refractivity (Wildman–Crippen MR) is 64.4 cm³/mol. The first kappa shape index (κ1) is 14.4. The SMILES string of the molecule is CC(C(N)=O)N1CCN(S(=O)(=O)N(C)C)CC1. The van der Waals surface area contributed by atoms with Crippen molar-refractivity contribution in [1.82, 2.24) is 13.5 Å². The van der Waals surface area contributed by atoms with Gasteiger partial charge in [0.05, 0.1) is 6.04 Å². The third-order valence-corrected chi connectivity index (χ3v) is 4.96. The Morgan fingerprint density at radius 2 is 1.71 bits per heavy atom. The zero-order valence-corrected chi connectivity index (χ0v) is 11.3. The van der Waals surface area contributed by atoms with Crippen LogP contribution in [0.1, 0.15) is 6.92 Å². The Morgan fingerprint density at radius 1 is 1.24 bits per heavy atom. The minimum atomic E-state index is -3.35. The van der Waals surface area contributed by atoms with Gasteiger partial charge in [-0.3, -0.25) is 9.69 Å². The largest absolute Gasteiger partial charge is 0.368 e. The van der Waals surface area contributed by atoms with Gasteiger partial charge in [-0.2, -0.15) is 17.0 Å². The molecule has 7 nitrogen and oxygen atoms in total. The molecule has 1 rings (SSSR count). The number of amides is 1. The molecule has 0 aromatic rings. The molecule has 17 heavy (non-hydrogen) atoms. The number of hydrogen-bond donors (Lipinski definition) is 1. The van der Waals surface area contributed by atoms with Crippen molar-refractivity contribution in [3.63, 3.8) is 0 Å². The monoisotopic (exact) mass is 264 g/mol. The highest BCUT2D eigenvalue weighted by atomic mass is 32.2. The summed E-state index contributed by atoms with van der Waals surface area (Å²) in [7, 11) is -0.330. The molecular formula is C9H20N4O3S. The Kier molecular flexibility index (Phi) is 4.48. The molecule has 0 saturated carbocycles. The van der Waals surface area contributed by atoms with Crippen LogP contribution in [0.25, 0.3) is 0 Å². The lowest BCUT2D eigenvalue weighted by molar-refractivity contribution is -0.123. The Hall–Kier alpha value is -0.700. The molecule has 8 heteroatoms. The molecule has 1 atom stereocenters. The molecule has 0 bridgehead atoms. The maximum absolute atomic E-state index is 11.8. The van der Waals surface area contributed by atoms with E-state index in [1.54, 1.807) is 6.92 Å². The molecule has 1 saturated heterocycles. The van der Waals surface area contributed by atoms with Gasteiger partial charge in [-0.25, -0.2) is 0 Å². The molecule has 0 radical (unpaired) electrons. The zero-order valence-electron chi connectivity index (χ0n) is 10.5. The first-order valence-corrected chi connectivity index (χ1v) is 6.87. The van der Waals surface area contributed by atoms with Gasteiger partial charge in [0.1, 0.15) is 0 Å². The van der Waals surface area contributed by atoms with Crippen LogP contribution in [-0.2, 0) is 15.0 Å². The molecule has 100 valence electrons. The lowest BCUT2D eigenvalue weighted by Crippen LogP contribution is -2.55. The summed E-state index contributed by atoms with van der Waals surface area (Å²) in [6.07, 6.45) is 0. The van der Waals surface area contributed by atoms with Crippen LogP contribution in [0.4, 0.5) is 0 Å². The Labute approximate surface area is 102 Å². The number of hydrogen-bond acceptors (Lipinski definition) is 4. The van der Waals surface area contributed by atoms with E-state index in [0.717, 1.165) is 0 Å². The molecular weight excluding hydrogens is 244 g/mol. The van der Waals surface area contributed by atoms with Crippen LogP contribution in [0, 0.1) is 0 Å². The third-order valence-electron chi connectivity index (χ3n) is 3.02. The molecule has 1 amide bonds. The number of nitrogens with two attached hydrogens (primary N) is 1. The average Bonchev–Trinajstić information content (AvgIpc) is 2.27. The normalized spacial score (nSPS) is 21.6. The van der Waals surface area contributed by atoms with Gasteiger partial charge in [-0.05, 0) is 6.92 Å². The topological polar surface area (TPSA) is 87.0 Å². The molecule has 1 unspecified atom stereocenters. The Balaban J connectivity index is 2.60. The van der Waals surface area contributed by atoms with E-state index in [-0.39, 0.29) is 11.9 Å². The van der Waals surface area contributed by atoms with Crippen LogP contribution in [-0.4, -0.2) is 74.2 Å². The van der Waals surface area contributed by atoms with Gasteiger partial charge >= 0.3 is 0 Å². The maximum Gasteiger partial charge on any atom is 0.281 e. The second-order valence-electron chi connectivity index (χ2n) is 4.30. The quantitative estimate of drug-likeness (QED) is 0.654. The lowest BCUT2D eigenvalue weighted by Gasteiger charge is -2.37. The first-order valence-electron chi connectivity index (χ1n) is 5.47. The molecule has 1 fully saturated rings. The van der Waals surface area contributed by atoms with E-state index in [1.165, 1.54) is 22.7 Å². The second-order valence-corrected chi connectivity index (χ2v) is 6.45. The maximum atomic E-state index is 11.8. The number of piperazine rings is 1. The van der Waals surface area contributed by atoms with Crippen LogP contribution in [0.2, 0.25) is 0 Å². The summed E-state index contributed by atoms with van der Waals surface area (Å²) in [6, 6.07) is -0.348. The lowest BCUT2D eigenvalue weighted by atomic mass is 10.2. The van der Waals surface area contributed by atoms with Crippen molar-refractivity contribution in [3.8, 4) is 0 Å². The molecule has 0 spiro atoms. The number of carbonyl (C=O) groups excluding carboxylic acids is 1. The van der Waals surface area contributed by atoms with E-state index in [4.69, 9.17) is 5.73 Å².